The van der Waals surface area contributed by atoms with E-state index < -0.39 is 42.2 Å². The minimum absolute atomic E-state index is 0.0589. The summed E-state index contributed by atoms with van der Waals surface area (Å²) in [5.41, 5.74) is 0.881. The van der Waals surface area contributed by atoms with Crippen molar-refractivity contribution in [2.24, 2.45) is 0 Å². The number of nitrogens with one attached hydrogen (secondary N) is 2. The van der Waals surface area contributed by atoms with Gasteiger partial charge in [-0.1, -0.05) is 30.3 Å². The highest BCUT2D eigenvalue weighted by Crippen LogP contribution is 2.23. The van der Waals surface area contributed by atoms with Gasteiger partial charge in [0.15, 0.2) is 0 Å². The molecule has 0 aliphatic carbocycles. The Morgan fingerprint density at radius 2 is 1.81 bits per heavy atom. The first-order chi connectivity index (χ1) is 17.8. The topological polar surface area (TPSA) is 153 Å². The summed E-state index contributed by atoms with van der Waals surface area (Å²) in [5, 5.41) is 15.6. The lowest BCUT2D eigenvalue weighted by Gasteiger charge is -2.19. The largest absolute Gasteiger partial charge is 0.497 e. The standard InChI is InChI=1S/C26H28N2O9/c1-34-19-8-9-20-17(11-24(31)37-22(20)13-19)10-21(25(32)35-2)28-23(30)12-18(29)14-27-26(33)36-15-16-6-4-3-5-7-16/h3-9,11,13,18,21,29H,10,12,14-15H2,1-2H3,(H,27,33)(H,28,30)/t18-,21+/m1/s1. The predicted octanol–water partition coefficient (Wildman–Crippen LogP) is 1.68. The molecule has 3 rings (SSSR count). The van der Waals surface area contributed by atoms with Crippen LogP contribution >= 0.6 is 0 Å². The average Bonchev–Trinajstić information content (AvgIpc) is 2.89. The normalized spacial score (nSPS) is 12.3. The van der Waals surface area contributed by atoms with Crippen LogP contribution in [0.1, 0.15) is 17.5 Å². The van der Waals surface area contributed by atoms with Crippen LogP contribution in [0.5, 0.6) is 5.75 Å². The van der Waals surface area contributed by atoms with Crippen LogP contribution in [0.25, 0.3) is 11.0 Å². The van der Waals surface area contributed by atoms with Gasteiger partial charge in [0, 0.05) is 30.5 Å². The number of methoxy groups -OCH3 is 2. The van der Waals surface area contributed by atoms with E-state index in [0.29, 0.717) is 16.7 Å². The van der Waals surface area contributed by atoms with Crippen molar-refractivity contribution in [1.29, 1.82) is 0 Å². The van der Waals surface area contributed by atoms with Gasteiger partial charge in [0.05, 0.1) is 26.7 Å². The lowest BCUT2D eigenvalue weighted by molar-refractivity contribution is -0.145. The fourth-order valence-corrected chi connectivity index (χ4v) is 3.58. The van der Waals surface area contributed by atoms with Gasteiger partial charge in [-0.3, -0.25) is 4.79 Å². The second-order valence-electron chi connectivity index (χ2n) is 8.10. The molecule has 0 unspecified atom stereocenters. The highest BCUT2D eigenvalue weighted by molar-refractivity contribution is 5.87. The molecule has 11 heteroatoms. The van der Waals surface area contributed by atoms with Crippen molar-refractivity contribution in [2.75, 3.05) is 20.8 Å². The Bertz CT molecular complexity index is 1290. The second kappa shape index (κ2) is 13.1. The number of aliphatic hydroxyl groups excluding tert-OH is 1. The van der Waals surface area contributed by atoms with Gasteiger partial charge in [-0.05, 0) is 23.3 Å². The molecule has 0 aliphatic rings. The van der Waals surface area contributed by atoms with Crippen molar-refractivity contribution in [3.05, 3.63) is 76.1 Å². The summed E-state index contributed by atoms with van der Waals surface area (Å²) < 4.78 is 20.2. The molecule has 3 N–H and O–H groups in total. The summed E-state index contributed by atoms with van der Waals surface area (Å²) in [6, 6.07) is 14.0. The number of aliphatic hydroxyl groups is 1. The van der Waals surface area contributed by atoms with E-state index >= 15 is 0 Å². The van der Waals surface area contributed by atoms with Gasteiger partial charge in [0.25, 0.3) is 0 Å². The van der Waals surface area contributed by atoms with Crippen molar-refractivity contribution in [3.8, 4) is 5.75 Å². The molecule has 0 radical (unpaired) electrons. The van der Waals surface area contributed by atoms with Gasteiger partial charge in [0.1, 0.15) is 24.0 Å². The molecular formula is C26H28N2O9. The van der Waals surface area contributed by atoms with Crippen molar-refractivity contribution in [1.82, 2.24) is 10.6 Å². The number of alkyl carbamates (subject to hydrolysis) is 1. The summed E-state index contributed by atoms with van der Waals surface area (Å²) in [6.45, 7) is -0.181. The van der Waals surface area contributed by atoms with Gasteiger partial charge in [-0.15, -0.1) is 0 Å². The third kappa shape index (κ3) is 8.07. The molecule has 0 aliphatic heterocycles. The Kier molecular flexibility index (Phi) is 9.61. The smallest absolute Gasteiger partial charge is 0.407 e. The number of ether oxygens (including phenoxy) is 3. The molecule has 2 amide bonds. The van der Waals surface area contributed by atoms with E-state index in [4.69, 9.17) is 18.6 Å². The van der Waals surface area contributed by atoms with Gasteiger partial charge >= 0.3 is 17.7 Å². The fraction of sp³-hybridized carbons (Fsp3) is 0.308. The quantitative estimate of drug-likeness (QED) is 0.257. The number of amides is 2. The summed E-state index contributed by atoms with van der Waals surface area (Å²) in [4.78, 5) is 48.8. The van der Waals surface area contributed by atoms with Crippen LogP contribution in [-0.2, 0) is 32.1 Å². The lowest BCUT2D eigenvalue weighted by Crippen LogP contribution is -2.45. The number of rotatable bonds is 11. The maximum absolute atomic E-state index is 12.5. The van der Waals surface area contributed by atoms with Gasteiger partial charge < -0.3 is 34.4 Å². The molecular weight excluding hydrogens is 484 g/mol. The Balaban J connectivity index is 1.57. The molecule has 0 saturated carbocycles. The highest BCUT2D eigenvalue weighted by Gasteiger charge is 2.25. The Morgan fingerprint density at radius 1 is 1.05 bits per heavy atom. The minimum Gasteiger partial charge on any atom is -0.497 e. The van der Waals surface area contributed by atoms with E-state index in [1.165, 1.54) is 20.3 Å². The number of hydrogen-bond acceptors (Lipinski definition) is 9. The Labute approximate surface area is 212 Å². The third-order valence-corrected chi connectivity index (χ3v) is 5.40. The molecule has 0 saturated heterocycles. The van der Waals surface area contributed by atoms with E-state index in [0.717, 1.165) is 5.56 Å². The van der Waals surface area contributed by atoms with E-state index in [1.807, 2.05) is 18.2 Å². The average molecular weight is 513 g/mol. The second-order valence-corrected chi connectivity index (χ2v) is 8.10. The highest BCUT2D eigenvalue weighted by atomic mass is 16.5. The number of benzene rings is 2. The Morgan fingerprint density at radius 3 is 2.51 bits per heavy atom. The molecule has 2 aromatic carbocycles. The summed E-state index contributed by atoms with van der Waals surface area (Å²) in [7, 11) is 2.65. The zero-order valence-electron chi connectivity index (χ0n) is 20.4. The molecule has 0 spiro atoms. The van der Waals surface area contributed by atoms with Crippen LogP contribution in [0, 0.1) is 0 Å². The Hall–Kier alpha value is -4.38. The fourth-order valence-electron chi connectivity index (χ4n) is 3.58. The summed E-state index contributed by atoms with van der Waals surface area (Å²) in [6.07, 6.45) is -2.45. The third-order valence-electron chi connectivity index (χ3n) is 5.40. The molecule has 3 aromatic rings. The zero-order valence-corrected chi connectivity index (χ0v) is 20.4. The van der Waals surface area contributed by atoms with Crippen LogP contribution in [-0.4, -0.2) is 56.0 Å². The number of carbonyl (C=O) groups is 3. The first kappa shape index (κ1) is 27.2. The first-order valence-corrected chi connectivity index (χ1v) is 11.4. The maximum Gasteiger partial charge on any atom is 0.407 e. The zero-order chi connectivity index (χ0) is 26.8. The molecule has 37 heavy (non-hydrogen) atoms. The van der Waals surface area contributed by atoms with E-state index in [2.05, 4.69) is 10.6 Å². The molecule has 2 atom stereocenters. The summed E-state index contributed by atoms with van der Waals surface area (Å²) in [5.74, 6) is -0.909. The number of fused-ring (bicyclic) bond motifs is 1. The molecule has 0 fully saturated rings. The van der Waals surface area contributed by atoms with E-state index in [1.54, 1.807) is 30.3 Å². The van der Waals surface area contributed by atoms with Gasteiger partial charge in [0.2, 0.25) is 5.91 Å². The number of hydrogen-bond donors (Lipinski definition) is 3. The van der Waals surface area contributed by atoms with Crippen molar-refractivity contribution in [3.63, 3.8) is 0 Å². The SMILES string of the molecule is COC(=O)[C@H](Cc1cc(=O)oc2cc(OC)ccc12)NC(=O)C[C@@H](O)CNC(=O)OCc1ccccc1. The van der Waals surface area contributed by atoms with E-state index in [9.17, 15) is 24.3 Å². The molecule has 11 nitrogen and oxygen atoms in total. The van der Waals surface area contributed by atoms with Gasteiger partial charge in [-0.2, -0.15) is 0 Å². The predicted molar refractivity (Wildman–Crippen MR) is 132 cm³/mol. The van der Waals surface area contributed by atoms with Crippen molar-refractivity contribution < 1.29 is 38.1 Å². The van der Waals surface area contributed by atoms with Crippen molar-refractivity contribution in [2.45, 2.75) is 31.6 Å². The summed E-state index contributed by atoms with van der Waals surface area (Å²) >= 11 is 0. The van der Waals surface area contributed by atoms with E-state index in [-0.39, 0.29) is 25.2 Å². The first-order valence-electron chi connectivity index (χ1n) is 11.4. The lowest BCUT2D eigenvalue weighted by atomic mass is 10.0. The minimum atomic E-state index is -1.24. The van der Waals surface area contributed by atoms with Crippen LogP contribution in [0.15, 0.2) is 63.8 Å². The van der Waals surface area contributed by atoms with Crippen LogP contribution in [0.2, 0.25) is 0 Å². The number of esters is 1. The van der Waals surface area contributed by atoms with Crippen LogP contribution < -0.4 is 21.0 Å². The monoisotopic (exact) mass is 512 g/mol. The van der Waals surface area contributed by atoms with Crippen LogP contribution in [0.3, 0.4) is 0 Å². The number of carbonyl (C=O) groups excluding carboxylic acids is 3. The maximum atomic E-state index is 12.5. The molecule has 196 valence electrons. The van der Waals surface area contributed by atoms with Crippen molar-refractivity contribution >= 4 is 28.9 Å². The van der Waals surface area contributed by atoms with Gasteiger partial charge in [-0.25, -0.2) is 14.4 Å². The molecule has 0 bridgehead atoms. The molecule has 1 aromatic heterocycles. The molecule has 1 heterocycles. The van der Waals surface area contributed by atoms with Crippen LogP contribution in [0.4, 0.5) is 4.79 Å².